The van der Waals surface area contributed by atoms with Crippen LogP contribution in [-0.4, -0.2) is 38.7 Å². The topological polar surface area (TPSA) is 55.7 Å². The van der Waals surface area contributed by atoms with Gasteiger partial charge in [-0.2, -0.15) is 21.6 Å². The van der Waals surface area contributed by atoms with Crippen molar-refractivity contribution in [2.24, 2.45) is 5.16 Å². The summed E-state index contributed by atoms with van der Waals surface area (Å²) in [7, 11) is -6.19. The van der Waals surface area contributed by atoms with Crippen LogP contribution in [0.15, 0.2) is 47.6 Å². The van der Waals surface area contributed by atoms with Gasteiger partial charge < -0.3 is 0 Å². The van der Waals surface area contributed by atoms with Gasteiger partial charge in [0, 0.05) is 5.56 Å². The summed E-state index contributed by atoms with van der Waals surface area (Å²) in [4.78, 5) is 0. The Morgan fingerprint density at radius 3 is 2.38 bits per heavy atom. The van der Waals surface area contributed by atoms with Crippen LogP contribution in [0.25, 0.3) is 11.1 Å². The number of alkyl halides is 6. The zero-order valence-corrected chi connectivity index (χ0v) is 15.3. The van der Waals surface area contributed by atoms with Gasteiger partial charge in [-0.3, -0.25) is 4.28 Å². The lowest BCUT2D eigenvalue weighted by atomic mass is 9.98. The molecule has 2 aromatic rings. The Labute approximate surface area is 161 Å². The van der Waals surface area contributed by atoms with Crippen LogP contribution in [-0.2, 0) is 20.8 Å². The van der Waals surface area contributed by atoms with E-state index in [1.807, 2.05) is 12.1 Å². The van der Waals surface area contributed by atoms with E-state index in [0.717, 1.165) is 16.7 Å². The normalized spacial score (nSPS) is 16.1. The van der Waals surface area contributed by atoms with E-state index in [1.165, 1.54) is 18.2 Å². The first-order chi connectivity index (χ1) is 13.5. The van der Waals surface area contributed by atoms with E-state index in [0.29, 0.717) is 12.0 Å². The number of oxime groups is 1. The summed E-state index contributed by atoms with van der Waals surface area (Å²) in [6, 6.07) is 11.4. The number of benzene rings is 2. The molecule has 4 nitrogen and oxygen atoms in total. The molecule has 0 saturated heterocycles. The first kappa shape index (κ1) is 21.2. The number of rotatable bonds is 6. The lowest BCUT2D eigenvalue weighted by Gasteiger charge is -2.15. The zero-order valence-electron chi connectivity index (χ0n) is 14.5. The van der Waals surface area contributed by atoms with Crippen molar-refractivity contribution < 1.29 is 39.0 Å². The molecule has 2 unspecified atom stereocenters. The zero-order chi connectivity index (χ0) is 21.4. The standard InChI is InChI=1S/C18H13F6NO3S/c19-9-15(20)16(21)17(25-28-29(26,27)18(22,23)24)11-5-6-14-12(8-11)7-10-3-1-2-4-13(10)14/h1-6,8,15-16H,7,9H2. The Morgan fingerprint density at radius 2 is 1.72 bits per heavy atom. The van der Waals surface area contributed by atoms with E-state index < -0.39 is 40.4 Å². The van der Waals surface area contributed by atoms with Gasteiger partial charge in [0.1, 0.15) is 12.4 Å². The molecule has 1 aliphatic carbocycles. The molecular formula is C18H13F6NO3S. The van der Waals surface area contributed by atoms with E-state index in [2.05, 4.69) is 9.44 Å². The second-order valence-corrected chi connectivity index (χ2v) is 7.75. The van der Waals surface area contributed by atoms with Crippen molar-refractivity contribution >= 4 is 15.8 Å². The highest BCUT2D eigenvalue weighted by molar-refractivity contribution is 7.87. The predicted molar refractivity (Wildman–Crippen MR) is 93.0 cm³/mol. The van der Waals surface area contributed by atoms with Crippen molar-refractivity contribution in [3.63, 3.8) is 0 Å². The lowest BCUT2D eigenvalue weighted by molar-refractivity contribution is -0.0541. The molecule has 3 rings (SSSR count). The van der Waals surface area contributed by atoms with Crippen LogP contribution in [0, 0.1) is 0 Å². The predicted octanol–water partition coefficient (Wildman–Crippen LogP) is 4.47. The average Bonchev–Trinajstić information content (AvgIpc) is 3.04. The van der Waals surface area contributed by atoms with Gasteiger partial charge in [-0.15, -0.1) is 0 Å². The van der Waals surface area contributed by atoms with Crippen molar-refractivity contribution in [1.82, 2.24) is 0 Å². The molecule has 0 spiro atoms. The van der Waals surface area contributed by atoms with Gasteiger partial charge in [-0.05, 0) is 34.7 Å². The summed E-state index contributed by atoms with van der Waals surface area (Å²) in [6.07, 6.45) is -5.20. The number of hydrogen-bond donors (Lipinski definition) is 0. The quantitative estimate of drug-likeness (QED) is 0.247. The third-order valence-electron chi connectivity index (χ3n) is 4.33. The molecule has 1 aliphatic rings. The van der Waals surface area contributed by atoms with Gasteiger partial charge in [-0.1, -0.05) is 41.6 Å². The maximum Gasteiger partial charge on any atom is 0.536 e. The maximum atomic E-state index is 14.3. The van der Waals surface area contributed by atoms with Crippen LogP contribution in [0.5, 0.6) is 0 Å². The first-order valence-corrected chi connectivity index (χ1v) is 9.59. The second-order valence-electron chi connectivity index (χ2n) is 6.23. The number of hydrogen-bond acceptors (Lipinski definition) is 4. The number of halogens is 6. The largest absolute Gasteiger partial charge is 0.536 e. The molecule has 0 heterocycles. The van der Waals surface area contributed by atoms with Crippen molar-refractivity contribution in [3.05, 3.63) is 59.2 Å². The minimum absolute atomic E-state index is 0.225. The molecule has 0 amide bonds. The van der Waals surface area contributed by atoms with Crippen LogP contribution in [0.3, 0.4) is 0 Å². The molecule has 29 heavy (non-hydrogen) atoms. The van der Waals surface area contributed by atoms with Crippen LogP contribution in [0.1, 0.15) is 16.7 Å². The van der Waals surface area contributed by atoms with E-state index >= 15 is 0 Å². The molecule has 156 valence electrons. The van der Waals surface area contributed by atoms with Gasteiger partial charge in [-0.25, -0.2) is 13.2 Å². The minimum Gasteiger partial charge on any atom is -0.261 e. The van der Waals surface area contributed by atoms with Crippen molar-refractivity contribution in [2.75, 3.05) is 6.67 Å². The molecule has 0 aromatic heterocycles. The Morgan fingerprint density at radius 1 is 1.07 bits per heavy atom. The highest BCUT2D eigenvalue weighted by Crippen LogP contribution is 2.37. The molecule has 0 bridgehead atoms. The highest BCUT2D eigenvalue weighted by atomic mass is 32.2. The summed E-state index contributed by atoms with van der Waals surface area (Å²) >= 11 is 0. The van der Waals surface area contributed by atoms with E-state index in [-0.39, 0.29) is 5.56 Å². The molecule has 0 fully saturated rings. The second kappa shape index (κ2) is 7.69. The van der Waals surface area contributed by atoms with E-state index in [1.54, 1.807) is 12.1 Å². The van der Waals surface area contributed by atoms with E-state index in [4.69, 9.17) is 0 Å². The molecule has 0 aliphatic heterocycles. The van der Waals surface area contributed by atoms with Crippen molar-refractivity contribution in [2.45, 2.75) is 24.3 Å². The Hall–Kier alpha value is -2.56. The third-order valence-corrected chi connectivity index (χ3v) is 5.17. The molecule has 2 aromatic carbocycles. The fraction of sp³-hybridized carbons (Fsp3) is 0.278. The average molecular weight is 437 g/mol. The Bertz CT molecular complexity index is 1050. The molecular weight excluding hydrogens is 424 g/mol. The van der Waals surface area contributed by atoms with E-state index in [9.17, 15) is 34.8 Å². The van der Waals surface area contributed by atoms with Gasteiger partial charge in [0.2, 0.25) is 0 Å². The maximum absolute atomic E-state index is 14.3. The number of fused-ring (bicyclic) bond motifs is 3. The summed E-state index contributed by atoms with van der Waals surface area (Å²) in [5, 5.41) is 2.70. The van der Waals surface area contributed by atoms with Crippen LogP contribution >= 0.6 is 0 Å². The first-order valence-electron chi connectivity index (χ1n) is 8.18. The molecule has 2 atom stereocenters. The summed E-state index contributed by atoms with van der Waals surface area (Å²) < 4.78 is 103. The minimum atomic E-state index is -6.19. The molecule has 0 radical (unpaired) electrons. The molecule has 0 N–H and O–H groups in total. The van der Waals surface area contributed by atoms with Crippen LogP contribution in [0.2, 0.25) is 0 Å². The lowest BCUT2D eigenvalue weighted by Crippen LogP contribution is -2.31. The van der Waals surface area contributed by atoms with Gasteiger partial charge >= 0.3 is 15.6 Å². The van der Waals surface area contributed by atoms with Gasteiger partial charge in [0.25, 0.3) is 0 Å². The summed E-state index contributed by atoms with van der Waals surface area (Å²) in [6.45, 7) is -1.79. The monoisotopic (exact) mass is 437 g/mol. The number of nitrogens with zero attached hydrogens (tertiary/aromatic N) is 1. The van der Waals surface area contributed by atoms with Crippen LogP contribution < -0.4 is 0 Å². The molecule has 11 heteroatoms. The Balaban J connectivity index is 2.02. The fourth-order valence-electron chi connectivity index (χ4n) is 2.95. The SMILES string of the molecule is O=S(=O)(ON=C(c1ccc2c(c1)Cc1ccccc1-2)C(F)C(F)CF)C(F)(F)F. The Kier molecular flexibility index (Phi) is 5.61. The summed E-state index contributed by atoms with van der Waals surface area (Å²) in [5.74, 6) is 0. The fourth-order valence-corrected chi connectivity index (χ4v) is 3.21. The van der Waals surface area contributed by atoms with Gasteiger partial charge in [0.15, 0.2) is 12.3 Å². The molecule has 0 saturated carbocycles. The third kappa shape index (κ3) is 4.09. The van der Waals surface area contributed by atoms with Crippen LogP contribution in [0.4, 0.5) is 26.3 Å². The summed E-state index contributed by atoms with van der Waals surface area (Å²) in [5.41, 5.74) is -3.89. The highest BCUT2D eigenvalue weighted by Gasteiger charge is 2.49. The van der Waals surface area contributed by atoms with Crippen molar-refractivity contribution in [1.29, 1.82) is 0 Å². The smallest absolute Gasteiger partial charge is 0.261 e. The van der Waals surface area contributed by atoms with Gasteiger partial charge in [0.05, 0.1) is 0 Å². The van der Waals surface area contributed by atoms with Crippen molar-refractivity contribution in [3.8, 4) is 11.1 Å².